The van der Waals surface area contributed by atoms with E-state index in [1.54, 1.807) is 0 Å². The van der Waals surface area contributed by atoms with Crippen LogP contribution in [0.4, 0.5) is 0 Å². The molecule has 1 fully saturated rings. The van der Waals surface area contributed by atoms with Crippen molar-refractivity contribution in [2.75, 3.05) is 19.7 Å². The van der Waals surface area contributed by atoms with Crippen LogP contribution in [0.5, 0.6) is 0 Å². The molecule has 1 unspecified atom stereocenters. The van der Waals surface area contributed by atoms with Gasteiger partial charge in [0.15, 0.2) is 0 Å². The summed E-state index contributed by atoms with van der Waals surface area (Å²) in [6, 6.07) is 0.541. The Kier molecular flexibility index (Phi) is 6.52. The highest BCUT2D eigenvalue weighted by Crippen LogP contribution is 2.17. The van der Waals surface area contributed by atoms with Crippen LogP contribution < -0.4 is 5.32 Å². The second-order valence-electron chi connectivity index (χ2n) is 5.13. The van der Waals surface area contributed by atoms with E-state index in [9.17, 15) is 9.90 Å². The van der Waals surface area contributed by atoms with Crippen molar-refractivity contribution in [2.24, 2.45) is 0 Å². The Morgan fingerprint density at radius 3 is 2.88 bits per heavy atom. The summed E-state index contributed by atoms with van der Waals surface area (Å²) in [7, 11) is 0. The van der Waals surface area contributed by atoms with Crippen molar-refractivity contribution in [1.29, 1.82) is 0 Å². The summed E-state index contributed by atoms with van der Waals surface area (Å²) in [5.74, 6) is 0.203. The Morgan fingerprint density at radius 2 is 2.24 bits per heavy atom. The molecule has 0 saturated carbocycles. The lowest BCUT2D eigenvalue weighted by molar-refractivity contribution is -0.136. The Hall–Kier alpha value is -0.610. The Morgan fingerprint density at radius 1 is 1.47 bits per heavy atom. The topological polar surface area (TPSA) is 52.6 Å². The Labute approximate surface area is 104 Å². The molecule has 0 bridgehead atoms. The van der Waals surface area contributed by atoms with Gasteiger partial charge in [0.25, 0.3) is 0 Å². The van der Waals surface area contributed by atoms with Crippen LogP contribution in [0.2, 0.25) is 0 Å². The van der Waals surface area contributed by atoms with Gasteiger partial charge in [0.2, 0.25) is 5.91 Å². The minimum atomic E-state index is 0.0642. The van der Waals surface area contributed by atoms with Gasteiger partial charge in [-0.25, -0.2) is 0 Å². The van der Waals surface area contributed by atoms with Gasteiger partial charge in [-0.2, -0.15) is 0 Å². The average molecular weight is 242 g/mol. The molecule has 1 aliphatic heterocycles. The third kappa shape index (κ3) is 5.04. The van der Waals surface area contributed by atoms with E-state index in [1.807, 2.05) is 4.90 Å². The van der Waals surface area contributed by atoms with Crippen molar-refractivity contribution in [1.82, 2.24) is 10.2 Å². The second-order valence-corrected chi connectivity index (χ2v) is 5.13. The van der Waals surface area contributed by atoms with Crippen LogP contribution >= 0.6 is 0 Å². The number of carbonyl (C=O) groups is 1. The predicted octanol–water partition coefficient (Wildman–Crippen LogP) is 1.14. The average Bonchev–Trinajstić information content (AvgIpc) is 2.34. The fraction of sp³-hybridized carbons (Fsp3) is 0.923. The summed E-state index contributed by atoms with van der Waals surface area (Å²) < 4.78 is 0. The third-order valence-corrected chi connectivity index (χ3v) is 3.28. The van der Waals surface area contributed by atoms with E-state index in [1.165, 1.54) is 0 Å². The number of aliphatic hydroxyl groups excluding tert-OH is 1. The lowest BCUT2D eigenvalue weighted by Crippen LogP contribution is -2.45. The van der Waals surface area contributed by atoms with Gasteiger partial charge in [-0.05, 0) is 32.2 Å². The summed E-state index contributed by atoms with van der Waals surface area (Å²) in [6.45, 7) is 6.03. The summed E-state index contributed by atoms with van der Waals surface area (Å²) in [5, 5.41) is 12.6. The summed E-state index contributed by atoms with van der Waals surface area (Å²) in [5.41, 5.74) is 0. The minimum absolute atomic E-state index is 0.0642. The van der Waals surface area contributed by atoms with Crippen LogP contribution in [0.1, 0.15) is 46.0 Å². The fourth-order valence-corrected chi connectivity index (χ4v) is 2.29. The van der Waals surface area contributed by atoms with Crippen molar-refractivity contribution in [3.05, 3.63) is 0 Å². The van der Waals surface area contributed by atoms with E-state index >= 15 is 0 Å². The SMILES string of the molecule is CC(C)NCCCC(=O)N1CCCCC1CO. The molecule has 4 nitrogen and oxygen atoms in total. The summed E-state index contributed by atoms with van der Waals surface area (Å²) in [6.07, 6.45) is 4.63. The maximum absolute atomic E-state index is 12.0. The van der Waals surface area contributed by atoms with Crippen LogP contribution in [0.25, 0.3) is 0 Å². The number of nitrogens with zero attached hydrogens (tertiary/aromatic N) is 1. The number of rotatable bonds is 6. The van der Waals surface area contributed by atoms with Crippen molar-refractivity contribution in [3.8, 4) is 0 Å². The van der Waals surface area contributed by atoms with Crippen molar-refractivity contribution < 1.29 is 9.90 Å². The zero-order valence-corrected chi connectivity index (χ0v) is 11.1. The standard InChI is InChI=1S/C13H26N2O2/c1-11(2)14-8-5-7-13(17)15-9-4-3-6-12(15)10-16/h11-12,14,16H,3-10H2,1-2H3. The second kappa shape index (κ2) is 7.67. The monoisotopic (exact) mass is 242 g/mol. The Balaban J connectivity index is 2.25. The first-order chi connectivity index (χ1) is 8.15. The normalized spacial score (nSPS) is 20.9. The maximum atomic E-state index is 12.0. The van der Waals surface area contributed by atoms with Gasteiger partial charge in [-0.3, -0.25) is 4.79 Å². The highest BCUT2D eigenvalue weighted by atomic mass is 16.3. The molecule has 0 radical (unpaired) electrons. The number of likely N-dealkylation sites (tertiary alicyclic amines) is 1. The number of hydrogen-bond donors (Lipinski definition) is 2. The first kappa shape index (κ1) is 14.5. The largest absolute Gasteiger partial charge is 0.394 e. The molecule has 17 heavy (non-hydrogen) atoms. The van der Waals surface area contributed by atoms with E-state index in [0.29, 0.717) is 12.5 Å². The molecule has 0 spiro atoms. The van der Waals surface area contributed by atoms with Crippen molar-refractivity contribution in [3.63, 3.8) is 0 Å². The van der Waals surface area contributed by atoms with Crippen LogP contribution in [0.3, 0.4) is 0 Å². The zero-order valence-electron chi connectivity index (χ0n) is 11.1. The minimum Gasteiger partial charge on any atom is -0.394 e. The van der Waals surface area contributed by atoms with Crippen LogP contribution in [-0.4, -0.2) is 47.7 Å². The molecule has 0 aromatic carbocycles. The van der Waals surface area contributed by atoms with Gasteiger partial charge in [0.1, 0.15) is 0 Å². The number of hydrogen-bond acceptors (Lipinski definition) is 3. The molecule has 1 rings (SSSR count). The number of piperidine rings is 1. The van der Waals surface area contributed by atoms with Crippen LogP contribution in [0.15, 0.2) is 0 Å². The smallest absolute Gasteiger partial charge is 0.222 e. The number of nitrogens with one attached hydrogen (secondary N) is 1. The summed E-state index contributed by atoms with van der Waals surface area (Å²) in [4.78, 5) is 13.9. The highest BCUT2D eigenvalue weighted by Gasteiger charge is 2.25. The molecule has 0 aromatic heterocycles. The molecule has 2 N–H and O–H groups in total. The van der Waals surface area contributed by atoms with Crippen LogP contribution in [0, 0.1) is 0 Å². The molecule has 1 heterocycles. The van der Waals surface area contributed by atoms with Gasteiger partial charge >= 0.3 is 0 Å². The van der Waals surface area contributed by atoms with E-state index < -0.39 is 0 Å². The lowest BCUT2D eigenvalue weighted by Gasteiger charge is -2.34. The number of amides is 1. The molecule has 100 valence electrons. The number of aliphatic hydroxyl groups is 1. The lowest BCUT2D eigenvalue weighted by atomic mass is 10.0. The van der Waals surface area contributed by atoms with Gasteiger partial charge in [-0.15, -0.1) is 0 Å². The zero-order chi connectivity index (χ0) is 12.7. The van der Waals surface area contributed by atoms with Gasteiger partial charge < -0.3 is 15.3 Å². The molecular formula is C13H26N2O2. The van der Waals surface area contributed by atoms with Crippen LogP contribution in [-0.2, 0) is 4.79 Å². The van der Waals surface area contributed by atoms with Crippen molar-refractivity contribution in [2.45, 2.75) is 58.0 Å². The molecule has 0 aromatic rings. The predicted molar refractivity (Wildman–Crippen MR) is 68.8 cm³/mol. The molecule has 0 aliphatic carbocycles. The van der Waals surface area contributed by atoms with E-state index in [4.69, 9.17) is 0 Å². The maximum Gasteiger partial charge on any atom is 0.222 e. The van der Waals surface area contributed by atoms with E-state index in [-0.39, 0.29) is 18.6 Å². The first-order valence-electron chi connectivity index (χ1n) is 6.79. The molecular weight excluding hydrogens is 216 g/mol. The van der Waals surface area contributed by atoms with Crippen molar-refractivity contribution >= 4 is 5.91 Å². The molecule has 1 saturated heterocycles. The van der Waals surface area contributed by atoms with E-state index in [2.05, 4.69) is 19.2 Å². The quantitative estimate of drug-likeness (QED) is 0.687. The molecule has 4 heteroatoms. The van der Waals surface area contributed by atoms with Gasteiger partial charge in [0.05, 0.1) is 12.6 Å². The van der Waals surface area contributed by atoms with Gasteiger partial charge in [0, 0.05) is 19.0 Å². The number of carbonyl (C=O) groups excluding carboxylic acids is 1. The van der Waals surface area contributed by atoms with Gasteiger partial charge in [-0.1, -0.05) is 13.8 Å². The summed E-state index contributed by atoms with van der Waals surface area (Å²) >= 11 is 0. The molecule has 1 aliphatic rings. The molecule has 1 amide bonds. The third-order valence-electron chi connectivity index (χ3n) is 3.28. The van der Waals surface area contributed by atoms with E-state index in [0.717, 1.165) is 38.8 Å². The Bertz CT molecular complexity index is 231. The molecule has 1 atom stereocenters. The first-order valence-corrected chi connectivity index (χ1v) is 6.79. The highest BCUT2D eigenvalue weighted by molar-refractivity contribution is 5.76. The fourth-order valence-electron chi connectivity index (χ4n) is 2.29.